The minimum absolute atomic E-state index is 0.381. The zero-order valence-corrected chi connectivity index (χ0v) is 15.1. The summed E-state index contributed by atoms with van der Waals surface area (Å²) < 4.78 is 29.2. The second-order valence-corrected chi connectivity index (χ2v) is 7.06. The Hall–Kier alpha value is -3.26. The molecule has 0 amide bonds. The quantitative estimate of drug-likeness (QED) is 0.475. The molecule has 2 aromatic heterocycles. The molecule has 2 aromatic carbocycles. The van der Waals surface area contributed by atoms with Crippen LogP contribution in [0.4, 0.5) is 14.5 Å². The van der Waals surface area contributed by atoms with Crippen LogP contribution in [0, 0.1) is 11.6 Å². The summed E-state index contributed by atoms with van der Waals surface area (Å²) >= 11 is 0. The first-order valence-electron chi connectivity index (χ1n) is 9.02. The Morgan fingerprint density at radius 3 is 2.64 bits per heavy atom. The number of benzene rings is 2. The predicted molar refractivity (Wildman–Crippen MR) is 102 cm³/mol. The fourth-order valence-corrected chi connectivity index (χ4v) is 3.74. The second-order valence-electron chi connectivity index (χ2n) is 7.06. The molecule has 4 N–H and O–H groups in total. The molecule has 1 atom stereocenters. The summed E-state index contributed by atoms with van der Waals surface area (Å²) in [5, 5.41) is 8.83. The van der Waals surface area contributed by atoms with Crippen molar-refractivity contribution in [1.29, 1.82) is 0 Å². The number of nitrogen functional groups attached to an aromatic ring is 1. The fourth-order valence-electron chi connectivity index (χ4n) is 3.74. The van der Waals surface area contributed by atoms with Crippen molar-refractivity contribution < 1.29 is 8.78 Å². The van der Waals surface area contributed by atoms with Gasteiger partial charge in [-0.3, -0.25) is 4.68 Å². The van der Waals surface area contributed by atoms with Crippen LogP contribution in [0.2, 0.25) is 0 Å². The van der Waals surface area contributed by atoms with Crippen LogP contribution in [0.5, 0.6) is 0 Å². The number of anilines is 1. The van der Waals surface area contributed by atoms with Crippen molar-refractivity contribution in [1.82, 2.24) is 25.1 Å². The average molecular weight is 380 g/mol. The number of fused-ring (bicyclic) bond motifs is 2. The van der Waals surface area contributed by atoms with Crippen molar-refractivity contribution in [3.05, 3.63) is 65.0 Å². The van der Waals surface area contributed by atoms with Gasteiger partial charge in [0.1, 0.15) is 17.3 Å². The van der Waals surface area contributed by atoms with Crippen LogP contribution in [-0.2, 0) is 13.1 Å². The molecule has 0 fully saturated rings. The molecule has 5 rings (SSSR count). The third kappa shape index (κ3) is 2.65. The molecule has 0 aliphatic carbocycles. The first-order valence-corrected chi connectivity index (χ1v) is 9.02. The highest BCUT2D eigenvalue weighted by atomic mass is 19.1. The normalized spacial score (nSPS) is 14.5. The van der Waals surface area contributed by atoms with E-state index in [1.54, 1.807) is 10.7 Å². The van der Waals surface area contributed by atoms with E-state index < -0.39 is 11.6 Å². The summed E-state index contributed by atoms with van der Waals surface area (Å²) in [5.74, 6) is -0.561. The third-order valence-corrected chi connectivity index (χ3v) is 5.15. The van der Waals surface area contributed by atoms with Gasteiger partial charge in [0.15, 0.2) is 5.82 Å². The van der Waals surface area contributed by atoms with Crippen LogP contribution >= 0.6 is 0 Å². The van der Waals surface area contributed by atoms with Crippen molar-refractivity contribution in [2.75, 3.05) is 5.73 Å². The van der Waals surface area contributed by atoms with Crippen molar-refractivity contribution in [2.45, 2.75) is 26.1 Å². The lowest BCUT2D eigenvalue weighted by Crippen LogP contribution is -2.09. The number of nitrogens with one attached hydrogen (secondary N) is 2. The average Bonchev–Trinajstić information content (AvgIpc) is 3.32. The van der Waals surface area contributed by atoms with Gasteiger partial charge in [-0.1, -0.05) is 0 Å². The summed E-state index contributed by atoms with van der Waals surface area (Å²) in [6.45, 7) is 3.31. The van der Waals surface area contributed by atoms with Crippen molar-refractivity contribution >= 4 is 16.6 Å². The molecule has 0 saturated carbocycles. The van der Waals surface area contributed by atoms with Crippen LogP contribution in [0.3, 0.4) is 0 Å². The summed E-state index contributed by atoms with van der Waals surface area (Å²) in [6.07, 6.45) is 0. The van der Waals surface area contributed by atoms with Gasteiger partial charge in [-0.2, -0.15) is 5.10 Å². The first-order chi connectivity index (χ1) is 13.5. The van der Waals surface area contributed by atoms with E-state index in [-0.39, 0.29) is 6.04 Å². The Balaban J connectivity index is 1.69. The Labute approximate surface area is 159 Å². The second kappa shape index (κ2) is 6.13. The Kier molecular flexibility index (Phi) is 3.70. The molecule has 0 radical (unpaired) electrons. The zero-order chi connectivity index (χ0) is 19.4. The Morgan fingerprint density at radius 1 is 1.11 bits per heavy atom. The number of aromatic amines is 1. The summed E-state index contributed by atoms with van der Waals surface area (Å²) in [4.78, 5) is 7.98. The van der Waals surface area contributed by atoms with Crippen molar-refractivity contribution in [2.24, 2.45) is 0 Å². The largest absolute Gasteiger partial charge is 0.399 e. The molecule has 8 heteroatoms. The van der Waals surface area contributed by atoms with Crippen molar-refractivity contribution in [3.63, 3.8) is 0 Å². The minimum Gasteiger partial charge on any atom is -0.399 e. The lowest BCUT2D eigenvalue weighted by atomic mass is 10.1. The highest BCUT2D eigenvalue weighted by molar-refractivity contribution is 5.94. The SMILES string of the molecule is C[C@@H](c1cc(F)cc(F)c1)n1nc(-c2nc3c([nH]2)CNC3)c2cc(N)ccc21. The van der Waals surface area contributed by atoms with Gasteiger partial charge in [-0.25, -0.2) is 13.8 Å². The highest BCUT2D eigenvalue weighted by Gasteiger charge is 2.23. The molecule has 0 bridgehead atoms. The maximum absolute atomic E-state index is 13.7. The van der Waals surface area contributed by atoms with Gasteiger partial charge < -0.3 is 16.0 Å². The van der Waals surface area contributed by atoms with Gasteiger partial charge in [0.25, 0.3) is 0 Å². The van der Waals surface area contributed by atoms with Gasteiger partial charge in [0.2, 0.25) is 0 Å². The van der Waals surface area contributed by atoms with Gasteiger partial charge in [0.05, 0.1) is 22.9 Å². The molecule has 4 aromatic rings. The molecule has 0 spiro atoms. The summed E-state index contributed by atoms with van der Waals surface area (Å²) in [5.41, 5.74) is 10.6. The van der Waals surface area contributed by atoms with Gasteiger partial charge in [-0.05, 0) is 42.8 Å². The van der Waals surface area contributed by atoms with E-state index in [0.29, 0.717) is 29.3 Å². The van der Waals surface area contributed by atoms with Crippen LogP contribution in [-0.4, -0.2) is 19.7 Å². The molecule has 1 aliphatic rings. The van der Waals surface area contributed by atoms with E-state index in [1.165, 1.54) is 12.1 Å². The number of nitrogens with two attached hydrogens (primary N) is 1. The number of imidazole rings is 1. The predicted octanol–water partition coefficient (Wildman–Crippen LogP) is 3.50. The lowest BCUT2D eigenvalue weighted by molar-refractivity contribution is 0.550. The first kappa shape index (κ1) is 16.9. The molecule has 3 heterocycles. The van der Waals surface area contributed by atoms with Crippen molar-refractivity contribution in [3.8, 4) is 11.5 Å². The topological polar surface area (TPSA) is 84.5 Å². The summed E-state index contributed by atoms with van der Waals surface area (Å²) in [6, 6.07) is 8.63. The number of aromatic nitrogens is 4. The smallest absolute Gasteiger partial charge is 0.159 e. The maximum Gasteiger partial charge on any atom is 0.159 e. The third-order valence-electron chi connectivity index (χ3n) is 5.15. The number of hydrogen-bond acceptors (Lipinski definition) is 4. The fraction of sp³-hybridized carbons (Fsp3) is 0.200. The van der Waals surface area contributed by atoms with Crippen LogP contribution in [0.15, 0.2) is 36.4 Å². The Morgan fingerprint density at radius 2 is 1.89 bits per heavy atom. The molecule has 1 aliphatic heterocycles. The standard InChI is InChI=1S/C20H18F2N6/c1-10(11-4-12(21)6-13(22)5-11)28-18-3-2-14(23)7-15(18)19(27-28)20-25-16-8-24-9-17(16)26-20/h2-7,10,24H,8-9,23H2,1H3,(H,25,26)/t10-/m0/s1. The zero-order valence-electron chi connectivity index (χ0n) is 15.1. The number of H-pyrrole nitrogens is 1. The molecular formula is C20H18F2N6. The highest BCUT2D eigenvalue weighted by Crippen LogP contribution is 2.33. The summed E-state index contributed by atoms with van der Waals surface area (Å²) in [7, 11) is 0. The van der Waals surface area contributed by atoms with E-state index in [0.717, 1.165) is 34.9 Å². The van der Waals surface area contributed by atoms with E-state index in [1.807, 2.05) is 19.1 Å². The number of hydrogen-bond donors (Lipinski definition) is 3. The van der Waals surface area contributed by atoms with Gasteiger partial charge in [-0.15, -0.1) is 0 Å². The monoisotopic (exact) mass is 380 g/mol. The molecule has 6 nitrogen and oxygen atoms in total. The molecule has 28 heavy (non-hydrogen) atoms. The van der Waals surface area contributed by atoms with Crippen LogP contribution in [0.25, 0.3) is 22.4 Å². The molecule has 0 unspecified atom stereocenters. The van der Waals surface area contributed by atoms with Gasteiger partial charge >= 0.3 is 0 Å². The van der Waals surface area contributed by atoms with E-state index in [9.17, 15) is 8.78 Å². The molecular weight excluding hydrogens is 362 g/mol. The van der Waals surface area contributed by atoms with Gasteiger partial charge in [0, 0.05) is 30.2 Å². The number of halogens is 2. The minimum atomic E-state index is -0.613. The maximum atomic E-state index is 13.7. The van der Waals surface area contributed by atoms with Crippen LogP contribution in [0.1, 0.15) is 29.9 Å². The Bertz CT molecular complexity index is 1170. The molecule has 142 valence electrons. The lowest BCUT2D eigenvalue weighted by Gasteiger charge is -2.14. The number of rotatable bonds is 3. The van der Waals surface area contributed by atoms with E-state index >= 15 is 0 Å². The number of nitrogens with zero attached hydrogens (tertiary/aromatic N) is 3. The van der Waals surface area contributed by atoms with E-state index in [2.05, 4.69) is 15.3 Å². The van der Waals surface area contributed by atoms with E-state index in [4.69, 9.17) is 10.8 Å². The van der Waals surface area contributed by atoms with Crippen LogP contribution < -0.4 is 11.1 Å². The molecule has 0 saturated heterocycles.